The number of aromatic hydroxyl groups is 1. The number of benzene rings is 1. The van der Waals surface area contributed by atoms with E-state index < -0.39 is 0 Å². The fourth-order valence-electron chi connectivity index (χ4n) is 2.06. The van der Waals surface area contributed by atoms with Crippen molar-refractivity contribution >= 4 is 34.1 Å². The second kappa shape index (κ2) is 5.05. The highest BCUT2D eigenvalue weighted by molar-refractivity contribution is 6.39. The summed E-state index contributed by atoms with van der Waals surface area (Å²) in [7, 11) is 1.83. The van der Waals surface area contributed by atoms with E-state index in [2.05, 4.69) is 9.97 Å². The molecule has 0 saturated carbocycles. The topological polar surface area (TPSA) is 72.9 Å². The Hall–Kier alpha value is -2.05. The van der Waals surface area contributed by atoms with Gasteiger partial charge in [-0.2, -0.15) is 0 Å². The fraction of sp³-hybridized carbons (Fsp3) is 0.154. The van der Waals surface area contributed by atoms with Crippen LogP contribution in [0.3, 0.4) is 0 Å². The average Bonchev–Trinajstić information content (AvgIpc) is 2.84. The number of rotatable bonds is 2. The number of fused-ring (bicyclic) bond motifs is 1. The van der Waals surface area contributed by atoms with Crippen LogP contribution < -0.4 is 5.56 Å². The third-order valence-corrected chi connectivity index (χ3v) is 3.80. The van der Waals surface area contributed by atoms with E-state index in [0.29, 0.717) is 5.82 Å². The van der Waals surface area contributed by atoms with Crippen LogP contribution >= 0.6 is 23.2 Å². The van der Waals surface area contributed by atoms with Crippen molar-refractivity contribution < 1.29 is 5.11 Å². The van der Waals surface area contributed by atoms with Gasteiger partial charge in [-0.1, -0.05) is 23.2 Å². The van der Waals surface area contributed by atoms with Gasteiger partial charge in [0.25, 0.3) is 5.56 Å². The largest absolute Gasteiger partial charge is 0.504 e. The van der Waals surface area contributed by atoms with E-state index >= 15 is 0 Å². The SMILES string of the molecule is Cn1ccnc1Cn1cnc2c(O)c(Cl)cc(Cl)c2c1=O. The summed E-state index contributed by atoms with van der Waals surface area (Å²) in [4.78, 5) is 20.7. The highest BCUT2D eigenvalue weighted by Crippen LogP contribution is 2.34. The lowest BCUT2D eigenvalue weighted by Gasteiger charge is -2.09. The lowest BCUT2D eigenvalue weighted by Crippen LogP contribution is -2.22. The number of nitrogens with zero attached hydrogens (tertiary/aromatic N) is 4. The molecule has 3 aromatic rings. The molecule has 0 bridgehead atoms. The summed E-state index contributed by atoms with van der Waals surface area (Å²) in [5.74, 6) is 0.449. The molecule has 0 unspecified atom stereocenters. The molecular weight excluding hydrogens is 315 g/mol. The molecule has 0 aliphatic heterocycles. The molecule has 0 spiro atoms. The van der Waals surface area contributed by atoms with Crippen molar-refractivity contribution in [1.82, 2.24) is 19.1 Å². The van der Waals surface area contributed by atoms with Crippen LogP contribution in [0.15, 0.2) is 29.6 Å². The van der Waals surface area contributed by atoms with Gasteiger partial charge >= 0.3 is 0 Å². The van der Waals surface area contributed by atoms with Gasteiger partial charge in [-0.05, 0) is 6.07 Å². The lowest BCUT2D eigenvalue weighted by atomic mass is 10.2. The number of hydrogen-bond donors (Lipinski definition) is 1. The van der Waals surface area contributed by atoms with Crippen LogP contribution in [-0.4, -0.2) is 24.2 Å². The van der Waals surface area contributed by atoms with Crippen molar-refractivity contribution in [3.8, 4) is 5.75 Å². The fourth-order valence-corrected chi connectivity index (χ4v) is 2.60. The number of aryl methyl sites for hydroxylation is 1. The Balaban J connectivity index is 2.22. The Morgan fingerprint density at radius 2 is 2.05 bits per heavy atom. The number of phenols is 1. The molecular formula is C13H10Cl2N4O2. The molecule has 0 aliphatic carbocycles. The third-order valence-electron chi connectivity index (χ3n) is 3.21. The number of aromatic nitrogens is 4. The van der Waals surface area contributed by atoms with Crippen molar-refractivity contribution in [3.05, 3.63) is 51.0 Å². The van der Waals surface area contributed by atoms with Gasteiger partial charge in [-0.3, -0.25) is 9.36 Å². The van der Waals surface area contributed by atoms with Crippen molar-refractivity contribution in [2.75, 3.05) is 0 Å². The van der Waals surface area contributed by atoms with E-state index in [-0.39, 0.29) is 38.8 Å². The zero-order chi connectivity index (χ0) is 15.1. The van der Waals surface area contributed by atoms with Crippen LogP contribution in [0.1, 0.15) is 5.82 Å². The summed E-state index contributed by atoms with van der Waals surface area (Å²) in [6.07, 6.45) is 4.77. The highest BCUT2D eigenvalue weighted by atomic mass is 35.5. The molecule has 0 aliphatic rings. The monoisotopic (exact) mass is 324 g/mol. The molecule has 0 atom stereocenters. The predicted octanol–water partition coefficient (Wildman–Crippen LogP) is 2.19. The second-order valence-corrected chi connectivity index (χ2v) is 5.36. The zero-order valence-electron chi connectivity index (χ0n) is 10.9. The van der Waals surface area contributed by atoms with Gasteiger partial charge in [0, 0.05) is 19.4 Å². The summed E-state index contributed by atoms with van der Waals surface area (Å²) in [5.41, 5.74) is -0.270. The normalized spacial score (nSPS) is 11.2. The van der Waals surface area contributed by atoms with Crippen LogP contribution in [0.5, 0.6) is 5.75 Å². The minimum atomic E-state index is -0.361. The van der Waals surface area contributed by atoms with Gasteiger partial charge in [0.05, 0.1) is 28.3 Å². The van der Waals surface area contributed by atoms with Crippen molar-refractivity contribution in [3.63, 3.8) is 0 Å². The predicted molar refractivity (Wildman–Crippen MR) is 80.0 cm³/mol. The van der Waals surface area contributed by atoms with Crippen LogP contribution in [0.25, 0.3) is 10.9 Å². The minimum absolute atomic E-state index is 0.0567. The first-order chi connectivity index (χ1) is 9.99. The number of phenolic OH excluding ortho intramolecular Hbond substituents is 1. The van der Waals surface area contributed by atoms with E-state index in [4.69, 9.17) is 23.2 Å². The Morgan fingerprint density at radius 1 is 1.29 bits per heavy atom. The molecule has 2 aromatic heterocycles. The van der Waals surface area contributed by atoms with E-state index in [1.165, 1.54) is 17.0 Å². The van der Waals surface area contributed by atoms with Crippen LogP contribution in [0.2, 0.25) is 10.0 Å². The van der Waals surface area contributed by atoms with Gasteiger partial charge < -0.3 is 9.67 Å². The Morgan fingerprint density at radius 3 is 2.71 bits per heavy atom. The molecule has 1 aromatic carbocycles. The lowest BCUT2D eigenvalue weighted by molar-refractivity contribution is 0.480. The maximum absolute atomic E-state index is 12.5. The minimum Gasteiger partial charge on any atom is -0.504 e. The summed E-state index contributed by atoms with van der Waals surface area (Å²) >= 11 is 11.9. The highest BCUT2D eigenvalue weighted by Gasteiger charge is 2.15. The van der Waals surface area contributed by atoms with Crippen molar-refractivity contribution in [2.24, 2.45) is 7.05 Å². The van der Waals surface area contributed by atoms with Crippen molar-refractivity contribution in [1.29, 1.82) is 0 Å². The average molecular weight is 325 g/mol. The first-order valence-corrected chi connectivity index (χ1v) is 6.77. The zero-order valence-corrected chi connectivity index (χ0v) is 12.4. The summed E-state index contributed by atoms with van der Waals surface area (Å²) < 4.78 is 3.18. The summed E-state index contributed by atoms with van der Waals surface area (Å²) in [5, 5.41) is 10.2. The number of imidazole rings is 1. The van der Waals surface area contributed by atoms with Crippen molar-refractivity contribution in [2.45, 2.75) is 6.54 Å². The molecule has 2 heterocycles. The Bertz CT molecular complexity index is 901. The molecule has 0 radical (unpaired) electrons. The van der Waals surface area contributed by atoms with E-state index in [0.717, 1.165) is 0 Å². The molecule has 1 N–H and O–H groups in total. The van der Waals surface area contributed by atoms with Crippen LogP contribution in [-0.2, 0) is 13.6 Å². The molecule has 6 nitrogen and oxygen atoms in total. The maximum Gasteiger partial charge on any atom is 0.263 e. The Labute approximate surface area is 129 Å². The number of halogens is 2. The van der Waals surface area contributed by atoms with Gasteiger partial charge in [0.1, 0.15) is 11.3 Å². The maximum atomic E-state index is 12.5. The second-order valence-electron chi connectivity index (χ2n) is 4.54. The van der Waals surface area contributed by atoms with Gasteiger partial charge in [-0.15, -0.1) is 0 Å². The molecule has 21 heavy (non-hydrogen) atoms. The van der Waals surface area contributed by atoms with E-state index in [1.54, 1.807) is 17.0 Å². The summed E-state index contributed by atoms with van der Waals surface area (Å²) in [6.45, 7) is 0.255. The van der Waals surface area contributed by atoms with Crippen LogP contribution in [0, 0.1) is 0 Å². The quantitative estimate of drug-likeness (QED) is 0.784. The smallest absolute Gasteiger partial charge is 0.263 e. The van der Waals surface area contributed by atoms with Gasteiger partial charge in [0.2, 0.25) is 0 Å². The third kappa shape index (κ3) is 2.26. The molecule has 0 saturated heterocycles. The van der Waals surface area contributed by atoms with E-state index in [9.17, 15) is 9.90 Å². The van der Waals surface area contributed by atoms with E-state index in [1.807, 2.05) is 7.05 Å². The molecule has 3 rings (SSSR count). The first-order valence-electron chi connectivity index (χ1n) is 6.01. The number of hydrogen-bond acceptors (Lipinski definition) is 4. The molecule has 108 valence electrons. The molecule has 0 amide bonds. The summed E-state index contributed by atoms with van der Waals surface area (Å²) in [6, 6.07) is 1.33. The Kier molecular flexibility index (Phi) is 3.35. The molecule has 0 fully saturated rings. The van der Waals surface area contributed by atoms with Crippen LogP contribution in [0.4, 0.5) is 0 Å². The van der Waals surface area contributed by atoms with Gasteiger partial charge in [-0.25, -0.2) is 9.97 Å². The molecule has 8 heteroatoms. The standard InChI is InChI=1S/C13H10Cl2N4O2/c1-18-3-2-16-9(18)5-19-6-17-11-10(13(19)21)7(14)4-8(15)12(11)20/h2-4,6,20H,5H2,1H3. The van der Waals surface area contributed by atoms with Gasteiger partial charge in [0.15, 0.2) is 5.75 Å². The first kappa shape index (κ1) is 13.9.